The number of sulfone groups is 2. The minimum absolute atomic E-state index is 0. The van der Waals surface area contributed by atoms with Crippen molar-refractivity contribution in [2.24, 2.45) is 0 Å². The first-order valence-electron chi connectivity index (χ1n) is 35.7. The summed E-state index contributed by atoms with van der Waals surface area (Å²) in [6.45, 7) is 10.3. The van der Waals surface area contributed by atoms with Crippen molar-refractivity contribution >= 4 is 97.7 Å². The van der Waals surface area contributed by atoms with Crippen LogP contribution >= 0.6 is 13.5 Å². The van der Waals surface area contributed by atoms with E-state index in [9.17, 15) is 55.2 Å². The van der Waals surface area contributed by atoms with E-state index in [1.54, 1.807) is 91.0 Å². The number of carbonyl (C=O) groups excluding carboxylic acids is 8. The highest BCUT2D eigenvalue weighted by Gasteiger charge is 2.39. The van der Waals surface area contributed by atoms with Gasteiger partial charge in [-0.1, -0.05) is 93.9 Å². The molecule has 4 N–H and O–H groups in total. The van der Waals surface area contributed by atoms with Gasteiger partial charge < -0.3 is 39.9 Å². The Kier molecular flexibility index (Phi) is 20.6. The maximum Gasteiger partial charge on any atom is 0.347 e. The molecule has 0 radical (unpaired) electrons. The van der Waals surface area contributed by atoms with Crippen LogP contribution in [0.4, 0.5) is 17.1 Å². The number of carbonyl (C=O) groups is 8. The number of benzene rings is 12. The van der Waals surface area contributed by atoms with E-state index in [1.807, 2.05) is 104 Å². The van der Waals surface area contributed by atoms with Crippen LogP contribution < -0.4 is 35.3 Å². The van der Waals surface area contributed by atoms with Gasteiger partial charge in [0.05, 0.1) is 69.8 Å². The molecule has 113 heavy (non-hydrogen) atoms. The number of cyclic esters (lactones) is 4. The smallest absolute Gasteiger partial charge is 0.347 e. The number of ether oxygens (including phenoxy) is 6. The first-order chi connectivity index (χ1) is 54.4. The van der Waals surface area contributed by atoms with Gasteiger partial charge in [0.15, 0.2) is 0 Å². The average Bonchev–Trinajstić information content (AvgIpc) is 1.61. The number of nitrogens with zero attached hydrogens (tertiary/aromatic N) is 2. The van der Waals surface area contributed by atoms with Crippen LogP contribution in [0.25, 0.3) is 0 Å². The third-order valence-electron chi connectivity index (χ3n) is 19.5. The molecule has 0 aliphatic carbocycles. The molecule has 4 heterocycles. The van der Waals surface area contributed by atoms with Crippen LogP contribution in [0.1, 0.15) is 141 Å². The molecule has 22 nitrogen and oxygen atoms in total. The second-order valence-electron chi connectivity index (χ2n) is 27.5. The van der Waals surface area contributed by atoms with Crippen LogP contribution in [-0.4, -0.2) is 76.3 Å². The lowest BCUT2D eigenvalue weighted by molar-refractivity contribution is 0.0425. The molecular weight excluding hydrogens is 1500 g/mol. The molecule has 0 aromatic heterocycles. The summed E-state index contributed by atoms with van der Waals surface area (Å²) >= 11 is 0. The van der Waals surface area contributed by atoms with E-state index in [1.165, 1.54) is 85.9 Å². The molecule has 0 saturated heterocycles. The van der Waals surface area contributed by atoms with Crippen molar-refractivity contribution in [2.45, 2.75) is 65.0 Å². The van der Waals surface area contributed by atoms with Crippen molar-refractivity contribution < 1.29 is 86.6 Å². The number of rotatable bonds is 17. The highest BCUT2D eigenvalue weighted by atomic mass is 32.2. The van der Waals surface area contributed by atoms with Gasteiger partial charge in [-0.3, -0.25) is 24.1 Å². The van der Waals surface area contributed by atoms with E-state index in [0.717, 1.165) is 37.6 Å². The monoisotopic (exact) mass is 1570 g/mol. The normalized spacial score (nSPS) is 13.5. The van der Waals surface area contributed by atoms with Crippen molar-refractivity contribution in [1.82, 2.24) is 4.90 Å². The van der Waals surface area contributed by atoms with Gasteiger partial charge in [0.2, 0.25) is 19.7 Å². The van der Waals surface area contributed by atoms with Crippen molar-refractivity contribution in [1.29, 1.82) is 0 Å². The molecule has 25 heteroatoms. The number of esters is 4. The Bertz CT molecular complexity index is 5940. The molecule has 0 fully saturated rings. The van der Waals surface area contributed by atoms with E-state index in [4.69, 9.17) is 33.4 Å². The molecule has 0 saturated carbocycles. The Morgan fingerprint density at radius 3 is 0.903 bits per heavy atom. The van der Waals surface area contributed by atoms with Gasteiger partial charge >= 0.3 is 23.9 Å². The summed E-state index contributed by atoms with van der Waals surface area (Å²) in [6, 6.07) is 73.8. The predicted octanol–water partition coefficient (Wildman–Crippen LogP) is 17.0. The summed E-state index contributed by atoms with van der Waals surface area (Å²) in [7, 11) is -5.81. The van der Waals surface area contributed by atoms with Gasteiger partial charge in [-0.25, -0.2) is 40.9 Å². The molecule has 0 atom stereocenters. The van der Waals surface area contributed by atoms with Crippen LogP contribution in [0.15, 0.2) is 287 Å². The van der Waals surface area contributed by atoms with Crippen LogP contribution in [0.5, 0.6) is 46.0 Å². The number of nitrogen functional groups attached to an aromatic ring is 2. The highest BCUT2D eigenvalue weighted by Crippen LogP contribution is 2.41. The SMILES string of the molecule is CC(C)(c1ccc(Oc2ccc3c(c2)C(=O)OC3=O)cc1)c1ccc(Oc2ccc3c(c2)C(=O)OC3=O)cc1.Cc1ccc(S(=O)(=O)c2ccc(N3C(=O)c4ccc(Oc5ccc(C(C)(C)c6ccc(Oc7ccc8c(c7)C(=O)N(C)C8=O)cc6)cc5)cc4C3=O)cc2)cc1.Nc1ccc(S(=O)(=O)c2ccc(N)cc2)cc1.S.[2H][2H]. The molecule has 4 aliphatic rings. The topological polar surface area (TPSA) is 319 Å². The first kappa shape index (κ1) is 76.0. The summed E-state index contributed by atoms with van der Waals surface area (Å²) in [5, 5.41) is 0. The number of nitrogens with two attached hydrogens (primary N) is 2. The van der Waals surface area contributed by atoms with Crippen molar-refractivity contribution in [3.63, 3.8) is 0 Å². The Balaban J connectivity index is 0.000000178. The maximum absolute atomic E-state index is 13.5. The third kappa shape index (κ3) is 15.5. The third-order valence-corrected chi connectivity index (χ3v) is 23.1. The number of hydrogen-bond acceptors (Lipinski definition) is 20. The zero-order chi connectivity index (χ0) is 81.3. The van der Waals surface area contributed by atoms with Crippen molar-refractivity contribution in [3.8, 4) is 46.0 Å². The fourth-order valence-corrected chi connectivity index (χ4v) is 15.4. The van der Waals surface area contributed by atoms with Gasteiger partial charge in [-0.15, -0.1) is 0 Å². The Morgan fingerprint density at radius 1 is 0.319 bits per heavy atom. The zero-order valence-corrected chi connectivity index (χ0v) is 63.8. The summed E-state index contributed by atoms with van der Waals surface area (Å²) in [4.78, 5) is 101. The fraction of sp³-hybridized carbons (Fsp3) is 0.0909. The Hall–Kier alpha value is -13.8. The van der Waals surface area contributed by atoms with Crippen molar-refractivity contribution in [3.05, 3.63) is 339 Å². The number of hydrogen-bond donors (Lipinski definition) is 2. The number of amides is 4. The van der Waals surface area contributed by atoms with Crippen molar-refractivity contribution in [2.75, 3.05) is 23.4 Å². The zero-order valence-electron chi connectivity index (χ0n) is 63.1. The number of aryl methyl sites for hydroxylation is 1. The summed E-state index contributed by atoms with van der Waals surface area (Å²) in [5.41, 5.74) is 18.6. The van der Waals surface area contributed by atoms with E-state index in [2.05, 4.69) is 37.2 Å². The quantitative estimate of drug-likeness (QED) is 0.0370. The highest BCUT2D eigenvalue weighted by molar-refractivity contribution is 7.91. The van der Waals surface area contributed by atoms with Crippen LogP contribution in [0.2, 0.25) is 0 Å². The van der Waals surface area contributed by atoms with Crippen LogP contribution in [-0.2, 0) is 40.0 Å². The minimum Gasteiger partial charge on any atom is -0.457 e. The van der Waals surface area contributed by atoms with Gasteiger partial charge in [-0.2, -0.15) is 13.5 Å². The lowest BCUT2D eigenvalue weighted by Crippen LogP contribution is -2.29. The second-order valence-corrected chi connectivity index (χ2v) is 31.4. The molecule has 0 spiro atoms. The van der Waals surface area contributed by atoms with E-state index in [-0.39, 0.29) is 89.4 Å². The Labute approximate surface area is 659 Å². The summed E-state index contributed by atoms with van der Waals surface area (Å²) in [5.74, 6) is -0.436. The Morgan fingerprint density at radius 2 is 0.566 bits per heavy atom. The van der Waals surface area contributed by atoms with Gasteiger partial charge in [-0.05, 0) is 235 Å². The number of anilines is 3. The maximum atomic E-state index is 13.5. The lowest BCUT2D eigenvalue weighted by atomic mass is 9.78. The second kappa shape index (κ2) is 30.6. The molecule has 4 amide bonds. The molecule has 16 rings (SSSR count). The molecular formula is C88H70N4O18S3. The summed E-state index contributed by atoms with van der Waals surface area (Å²) in [6.07, 6.45) is 0. The lowest BCUT2D eigenvalue weighted by Gasteiger charge is -2.26. The van der Waals surface area contributed by atoms with E-state index >= 15 is 0 Å². The minimum atomic E-state index is -3.78. The average molecular weight is 1570 g/mol. The molecule has 0 bridgehead atoms. The van der Waals surface area contributed by atoms with Gasteiger partial charge in [0, 0.05) is 32.2 Å². The number of fused-ring (bicyclic) bond motifs is 4. The van der Waals surface area contributed by atoms with Gasteiger partial charge in [0.1, 0.15) is 46.0 Å². The van der Waals surface area contributed by atoms with Crippen LogP contribution in [0, 0.1) is 6.92 Å². The summed E-state index contributed by atoms with van der Waals surface area (Å²) < 4.78 is 93.8. The van der Waals surface area contributed by atoms with Crippen LogP contribution in [0.3, 0.4) is 0 Å². The fourth-order valence-electron chi connectivity index (χ4n) is 12.9. The van der Waals surface area contributed by atoms with Gasteiger partial charge in [0.25, 0.3) is 23.6 Å². The molecule has 0 unspecified atom stereocenters. The molecule has 4 aliphatic heterocycles. The predicted molar refractivity (Wildman–Crippen MR) is 426 cm³/mol. The van der Waals surface area contributed by atoms with E-state index < -0.39 is 60.8 Å². The largest absolute Gasteiger partial charge is 0.457 e. The first-order valence-corrected chi connectivity index (χ1v) is 37.7. The standard InChI is InChI=1S/C45H34N2O8S.C31H20O8.C12H12N2O2S.H2S.H2/c1-27-5-19-35(20-6-27)56(52,53)36-21-11-30(12-22-36)47-43(50)38-24-18-34(26-40(38)44(47)51)55-32-15-9-29(10-16-32)45(2,3)28-7-13-31(14-8-28)54-33-17-23-37-39(25-33)42(49)46(4)41(37)48;1-31(2,17-3-7-19(8-4-17)36-21-11-13-23-25(15-21)29(34)38-27(23)32)18-5-9-20(10-6-18)37-22-12-14-24-26(16-22)30(35)39-28(24)33;13-9-1-5-11(6-2-9)17(15,16)12-7-3-10(14)4-8-12;;/h5-26H,1-4H3;3-16H,1-2H3;1-8H,13-14H2;1H2;1H/i;;;;1+1D. The number of imide groups is 2. The molecule has 568 valence electrons. The van der Waals surface area contributed by atoms with E-state index in [0.29, 0.717) is 68.5 Å². The molecule has 12 aromatic carbocycles. The molecule has 12 aromatic rings.